The van der Waals surface area contributed by atoms with Crippen molar-refractivity contribution in [2.24, 2.45) is 0 Å². The number of ether oxygens (including phenoxy) is 1. The van der Waals surface area contributed by atoms with E-state index >= 15 is 0 Å². The molecule has 0 aliphatic heterocycles. The minimum atomic E-state index is -3.58. The molecule has 1 aromatic heterocycles. The molecule has 0 unspecified atom stereocenters. The Morgan fingerprint density at radius 3 is 2.84 bits per heavy atom. The van der Waals surface area contributed by atoms with Crippen LogP contribution in [-0.2, 0) is 14.8 Å². The molecule has 1 aromatic rings. The number of sulfonamides is 1. The van der Waals surface area contributed by atoms with Gasteiger partial charge in [0.1, 0.15) is 4.90 Å². The molecule has 3 N–H and O–H groups in total. The third-order valence-electron chi connectivity index (χ3n) is 2.18. The molecule has 0 aromatic carbocycles. The van der Waals surface area contributed by atoms with E-state index in [1.165, 1.54) is 12.3 Å². The van der Waals surface area contributed by atoms with Crippen LogP contribution >= 0.6 is 0 Å². The molecule has 19 heavy (non-hydrogen) atoms. The summed E-state index contributed by atoms with van der Waals surface area (Å²) in [6.45, 7) is 3.07. The second-order valence-electron chi connectivity index (χ2n) is 3.67. The van der Waals surface area contributed by atoms with Crippen molar-refractivity contribution in [2.45, 2.75) is 11.8 Å². The molecule has 108 valence electrons. The van der Waals surface area contributed by atoms with Crippen molar-refractivity contribution >= 4 is 15.7 Å². The number of pyridine rings is 1. The average molecular weight is 289 g/mol. The lowest BCUT2D eigenvalue weighted by Crippen LogP contribution is -2.28. The molecule has 0 amide bonds. The monoisotopic (exact) mass is 289 g/mol. The molecule has 0 fully saturated rings. The average Bonchev–Trinajstić information content (AvgIpc) is 2.39. The van der Waals surface area contributed by atoms with Crippen LogP contribution in [0.2, 0.25) is 0 Å². The number of anilines is 1. The molecule has 0 saturated heterocycles. The lowest BCUT2D eigenvalue weighted by molar-refractivity contribution is 0.0961. The predicted octanol–water partition coefficient (Wildman–Crippen LogP) is -0.199. The van der Waals surface area contributed by atoms with Gasteiger partial charge in [0.05, 0.1) is 31.7 Å². The highest BCUT2D eigenvalue weighted by molar-refractivity contribution is 7.89. The minimum absolute atomic E-state index is 0.0819. The van der Waals surface area contributed by atoms with Crippen molar-refractivity contribution in [3.63, 3.8) is 0 Å². The zero-order chi connectivity index (χ0) is 14.1. The summed E-state index contributed by atoms with van der Waals surface area (Å²) in [5, 5.41) is 11.5. The van der Waals surface area contributed by atoms with Crippen LogP contribution in [0.3, 0.4) is 0 Å². The molecule has 0 spiro atoms. The van der Waals surface area contributed by atoms with Crippen molar-refractivity contribution in [1.82, 2.24) is 9.71 Å². The number of hydrogen-bond donors (Lipinski definition) is 3. The van der Waals surface area contributed by atoms with Crippen LogP contribution in [0, 0.1) is 0 Å². The van der Waals surface area contributed by atoms with Gasteiger partial charge in [0.15, 0.2) is 0 Å². The van der Waals surface area contributed by atoms with Gasteiger partial charge in [-0.2, -0.15) is 0 Å². The van der Waals surface area contributed by atoms with E-state index in [1.54, 1.807) is 6.20 Å². The Balaban J connectivity index is 2.58. The van der Waals surface area contributed by atoms with Gasteiger partial charge >= 0.3 is 0 Å². The molecular weight excluding hydrogens is 270 g/mol. The van der Waals surface area contributed by atoms with Crippen molar-refractivity contribution in [3.8, 4) is 0 Å². The highest BCUT2D eigenvalue weighted by Gasteiger charge is 2.14. The SMILES string of the molecule is CCNc1cncc(S(=O)(=O)NCCOCCO)c1. The van der Waals surface area contributed by atoms with Crippen molar-refractivity contribution < 1.29 is 18.3 Å². The van der Waals surface area contributed by atoms with Gasteiger partial charge in [-0.05, 0) is 13.0 Å². The molecule has 8 heteroatoms. The number of hydrogen-bond acceptors (Lipinski definition) is 6. The van der Waals surface area contributed by atoms with Crippen LogP contribution in [0.1, 0.15) is 6.92 Å². The molecule has 1 rings (SSSR count). The number of aromatic nitrogens is 1. The van der Waals surface area contributed by atoms with E-state index in [0.29, 0.717) is 12.2 Å². The van der Waals surface area contributed by atoms with E-state index in [-0.39, 0.29) is 31.3 Å². The summed E-state index contributed by atoms with van der Waals surface area (Å²) in [7, 11) is -3.58. The van der Waals surface area contributed by atoms with Gasteiger partial charge in [-0.25, -0.2) is 13.1 Å². The standard InChI is InChI=1S/C11H19N3O4S/c1-2-13-10-7-11(9-12-8-10)19(16,17)14-3-5-18-6-4-15/h7-9,13-15H,2-6H2,1H3. The van der Waals surface area contributed by atoms with Gasteiger partial charge in [-0.15, -0.1) is 0 Å². The first-order valence-corrected chi connectivity index (χ1v) is 7.45. The van der Waals surface area contributed by atoms with E-state index in [2.05, 4.69) is 15.0 Å². The molecular formula is C11H19N3O4S. The predicted molar refractivity (Wildman–Crippen MR) is 71.5 cm³/mol. The maximum absolute atomic E-state index is 11.9. The Bertz CT molecular complexity index is 479. The second kappa shape index (κ2) is 8.05. The fourth-order valence-corrected chi connectivity index (χ4v) is 2.37. The van der Waals surface area contributed by atoms with Crippen molar-refractivity contribution in [3.05, 3.63) is 18.5 Å². The van der Waals surface area contributed by atoms with E-state index in [9.17, 15) is 8.42 Å². The molecule has 7 nitrogen and oxygen atoms in total. The highest BCUT2D eigenvalue weighted by Crippen LogP contribution is 2.12. The lowest BCUT2D eigenvalue weighted by Gasteiger charge is -2.08. The molecule has 0 aliphatic rings. The summed E-state index contributed by atoms with van der Waals surface area (Å²) in [4.78, 5) is 3.99. The number of nitrogens with one attached hydrogen (secondary N) is 2. The molecule has 0 saturated carbocycles. The fourth-order valence-electron chi connectivity index (χ4n) is 1.36. The number of nitrogens with zero attached hydrogens (tertiary/aromatic N) is 1. The van der Waals surface area contributed by atoms with Gasteiger partial charge in [0.2, 0.25) is 10.0 Å². The van der Waals surface area contributed by atoms with Crippen molar-refractivity contribution in [1.29, 1.82) is 0 Å². The van der Waals surface area contributed by atoms with Crippen LogP contribution in [-0.4, -0.2) is 51.4 Å². The first kappa shape index (κ1) is 15.8. The smallest absolute Gasteiger partial charge is 0.242 e. The van der Waals surface area contributed by atoms with Gasteiger partial charge < -0.3 is 15.2 Å². The van der Waals surface area contributed by atoms with E-state index < -0.39 is 10.0 Å². The van der Waals surface area contributed by atoms with Crippen molar-refractivity contribution in [2.75, 3.05) is 38.2 Å². The van der Waals surface area contributed by atoms with Crippen LogP contribution in [0.5, 0.6) is 0 Å². The maximum atomic E-state index is 11.9. The molecule has 1 heterocycles. The third kappa shape index (κ3) is 5.52. The van der Waals surface area contributed by atoms with Gasteiger partial charge in [-0.1, -0.05) is 0 Å². The minimum Gasteiger partial charge on any atom is -0.394 e. The van der Waals surface area contributed by atoms with Crippen LogP contribution in [0.25, 0.3) is 0 Å². The van der Waals surface area contributed by atoms with Crippen LogP contribution in [0.15, 0.2) is 23.4 Å². The summed E-state index contributed by atoms with van der Waals surface area (Å²) in [5.41, 5.74) is 0.655. The maximum Gasteiger partial charge on any atom is 0.242 e. The normalized spacial score (nSPS) is 11.5. The van der Waals surface area contributed by atoms with E-state index in [1.807, 2.05) is 6.92 Å². The summed E-state index contributed by atoms with van der Waals surface area (Å²) < 4.78 is 31.2. The summed E-state index contributed by atoms with van der Waals surface area (Å²) >= 11 is 0. The highest BCUT2D eigenvalue weighted by atomic mass is 32.2. The third-order valence-corrected chi connectivity index (χ3v) is 3.61. The zero-order valence-corrected chi connectivity index (χ0v) is 11.6. The molecule has 0 atom stereocenters. The first-order valence-electron chi connectivity index (χ1n) is 5.97. The number of rotatable bonds is 9. The zero-order valence-electron chi connectivity index (χ0n) is 10.8. The quantitative estimate of drug-likeness (QED) is 0.544. The lowest BCUT2D eigenvalue weighted by atomic mass is 10.4. The Labute approximate surface area is 113 Å². The van der Waals surface area contributed by atoms with Crippen LogP contribution < -0.4 is 10.0 Å². The van der Waals surface area contributed by atoms with Crippen LogP contribution in [0.4, 0.5) is 5.69 Å². The van der Waals surface area contributed by atoms with E-state index in [4.69, 9.17) is 9.84 Å². The van der Waals surface area contributed by atoms with Gasteiger partial charge in [0, 0.05) is 19.3 Å². The number of aliphatic hydroxyl groups excluding tert-OH is 1. The Kier molecular flexibility index (Phi) is 6.71. The summed E-state index contributed by atoms with van der Waals surface area (Å²) in [6, 6.07) is 1.52. The summed E-state index contributed by atoms with van der Waals surface area (Å²) in [6.07, 6.45) is 2.85. The second-order valence-corrected chi connectivity index (χ2v) is 5.44. The Morgan fingerprint density at radius 1 is 1.37 bits per heavy atom. The Morgan fingerprint density at radius 2 is 2.16 bits per heavy atom. The van der Waals surface area contributed by atoms with Gasteiger partial charge in [-0.3, -0.25) is 4.98 Å². The van der Waals surface area contributed by atoms with Gasteiger partial charge in [0.25, 0.3) is 0 Å². The molecule has 0 aliphatic carbocycles. The fraction of sp³-hybridized carbons (Fsp3) is 0.545. The molecule has 0 radical (unpaired) electrons. The Hall–Kier alpha value is -1.22. The topological polar surface area (TPSA) is 101 Å². The number of aliphatic hydroxyl groups is 1. The largest absolute Gasteiger partial charge is 0.394 e. The first-order chi connectivity index (χ1) is 9.10. The molecule has 0 bridgehead atoms. The van der Waals surface area contributed by atoms with E-state index in [0.717, 1.165) is 0 Å². The summed E-state index contributed by atoms with van der Waals surface area (Å²) in [5.74, 6) is 0.